The second-order valence-electron chi connectivity index (χ2n) is 2.86. The van der Waals surface area contributed by atoms with E-state index >= 15 is 0 Å². The number of hydrogen-bond acceptors (Lipinski definition) is 5. The number of aryl methyl sites for hydroxylation is 1. The van der Waals surface area contributed by atoms with Gasteiger partial charge >= 0.3 is 0 Å². The predicted octanol–water partition coefficient (Wildman–Crippen LogP) is -0.450. The summed E-state index contributed by atoms with van der Waals surface area (Å²) in [6.45, 7) is 1.74. The van der Waals surface area contributed by atoms with Gasteiger partial charge in [-0.05, 0) is 6.92 Å². The SMILES string of the molecule is Cc1cc(=O)[nH]c(SCCC(=O)NN)n1. The Morgan fingerprint density at radius 2 is 2.47 bits per heavy atom. The molecule has 0 fully saturated rings. The van der Waals surface area contributed by atoms with E-state index in [0.29, 0.717) is 23.0 Å². The molecule has 0 saturated heterocycles. The lowest BCUT2D eigenvalue weighted by Crippen LogP contribution is -2.30. The van der Waals surface area contributed by atoms with Gasteiger partial charge in [-0.1, -0.05) is 11.8 Å². The fraction of sp³-hybridized carbons (Fsp3) is 0.375. The van der Waals surface area contributed by atoms with E-state index in [4.69, 9.17) is 5.84 Å². The van der Waals surface area contributed by atoms with Crippen LogP contribution >= 0.6 is 11.8 Å². The van der Waals surface area contributed by atoms with E-state index in [1.165, 1.54) is 17.8 Å². The van der Waals surface area contributed by atoms with Crippen LogP contribution in [0.2, 0.25) is 0 Å². The second-order valence-corrected chi connectivity index (χ2v) is 3.94. The molecule has 0 saturated carbocycles. The molecule has 1 rings (SSSR count). The molecular formula is C8H12N4O2S. The maximum absolute atomic E-state index is 11.1. The van der Waals surface area contributed by atoms with Gasteiger partial charge in [0.05, 0.1) is 0 Å². The number of aromatic nitrogens is 2. The minimum atomic E-state index is -0.238. The Balaban J connectivity index is 2.51. The Morgan fingerprint density at radius 1 is 1.73 bits per heavy atom. The number of carbonyl (C=O) groups excluding carboxylic acids is 1. The predicted molar refractivity (Wildman–Crippen MR) is 57.3 cm³/mol. The molecule has 0 aliphatic carbocycles. The van der Waals surface area contributed by atoms with E-state index in [2.05, 4.69) is 9.97 Å². The number of nitrogens with zero attached hydrogens (tertiary/aromatic N) is 1. The van der Waals surface area contributed by atoms with Gasteiger partial charge in [-0.25, -0.2) is 10.8 Å². The maximum atomic E-state index is 11.1. The summed E-state index contributed by atoms with van der Waals surface area (Å²) in [7, 11) is 0. The van der Waals surface area contributed by atoms with E-state index in [1.54, 1.807) is 6.92 Å². The van der Waals surface area contributed by atoms with Gasteiger partial charge in [-0.15, -0.1) is 0 Å². The Morgan fingerprint density at radius 3 is 3.07 bits per heavy atom. The highest BCUT2D eigenvalue weighted by Gasteiger charge is 2.02. The fourth-order valence-electron chi connectivity index (χ4n) is 0.933. The van der Waals surface area contributed by atoms with Crippen molar-refractivity contribution in [3.05, 3.63) is 22.1 Å². The summed E-state index contributed by atoms with van der Waals surface area (Å²) in [5, 5.41) is 0.518. The zero-order valence-corrected chi connectivity index (χ0v) is 9.06. The van der Waals surface area contributed by atoms with Gasteiger partial charge in [-0.3, -0.25) is 15.0 Å². The van der Waals surface area contributed by atoms with E-state index < -0.39 is 0 Å². The first kappa shape index (κ1) is 11.7. The summed E-state index contributed by atoms with van der Waals surface area (Å²) in [4.78, 5) is 28.5. The molecule has 0 atom stereocenters. The summed E-state index contributed by atoms with van der Waals surface area (Å²) in [5.41, 5.74) is 2.50. The monoisotopic (exact) mass is 228 g/mol. The second kappa shape index (κ2) is 5.52. The van der Waals surface area contributed by atoms with Crippen LogP contribution < -0.4 is 16.8 Å². The van der Waals surface area contributed by atoms with Crippen molar-refractivity contribution in [3.63, 3.8) is 0 Å². The quantitative estimate of drug-likeness (QED) is 0.213. The van der Waals surface area contributed by atoms with Crippen molar-refractivity contribution in [3.8, 4) is 0 Å². The van der Waals surface area contributed by atoms with Gasteiger partial charge in [0, 0.05) is 23.9 Å². The average molecular weight is 228 g/mol. The number of H-pyrrole nitrogens is 1. The van der Waals surface area contributed by atoms with Crippen molar-refractivity contribution >= 4 is 17.7 Å². The third-order valence-electron chi connectivity index (χ3n) is 1.58. The zero-order chi connectivity index (χ0) is 11.3. The summed E-state index contributed by atoms with van der Waals surface area (Å²) in [6.07, 6.45) is 0.290. The fourth-order valence-corrected chi connectivity index (χ4v) is 1.79. The Labute approximate surface area is 90.6 Å². The molecule has 1 amide bonds. The molecule has 6 nitrogen and oxygen atoms in total. The van der Waals surface area contributed by atoms with Crippen molar-refractivity contribution in [1.82, 2.24) is 15.4 Å². The van der Waals surface area contributed by atoms with Crippen LogP contribution in [0.15, 0.2) is 16.0 Å². The molecule has 1 heterocycles. The molecule has 0 spiro atoms. The van der Waals surface area contributed by atoms with E-state index in [9.17, 15) is 9.59 Å². The third-order valence-corrected chi connectivity index (χ3v) is 2.45. The summed E-state index contributed by atoms with van der Waals surface area (Å²) in [5.74, 6) is 5.20. The molecule has 0 aliphatic rings. The first-order valence-corrected chi connectivity index (χ1v) is 5.30. The molecule has 0 aliphatic heterocycles. The number of carbonyl (C=O) groups is 1. The number of amides is 1. The lowest BCUT2D eigenvalue weighted by molar-refractivity contribution is -0.120. The summed E-state index contributed by atoms with van der Waals surface area (Å²) >= 11 is 1.31. The smallest absolute Gasteiger partial charge is 0.251 e. The van der Waals surface area contributed by atoms with Crippen molar-refractivity contribution in [2.45, 2.75) is 18.5 Å². The van der Waals surface area contributed by atoms with Crippen LogP contribution in [0.1, 0.15) is 12.1 Å². The van der Waals surface area contributed by atoms with Gasteiger partial charge in [-0.2, -0.15) is 0 Å². The molecule has 7 heteroatoms. The summed E-state index contributed by atoms with van der Waals surface area (Å²) in [6, 6.07) is 1.41. The van der Waals surface area contributed by atoms with Crippen LogP contribution in [0.3, 0.4) is 0 Å². The number of hydrazine groups is 1. The number of thioether (sulfide) groups is 1. The lowest BCUT2D eigenvalue weighted by atomic mass is 10.5. The third kappa shape index (κ3) is 4.13. The van der Waals surface area contributed by atoms with Crippen molar-refractivity contribution < 1.29 is 4.79 Å². The standard InChI is InChI=1S/C8H12N4O2S/c1-5-4-7(14)11-8(10-5)15-3-2-6(13)12-9/h4H,2-3,9H2,1H3,(H,12,13)(H,10,11,14). The molecule has 1 aromatic rings. The highest BCUT2D eigenvalue weighted by Crippen LogP contribution is 2.11. The number of nitrogens with two attached hydrogens (primary N) is 1. The number of rotatable bonds is 4. The van der Waals surface area contributed by atoms with Gasteiger partial charge < -0.3 is 4.98 Å². The minimum Gasteiger partial charge on any atom is -0.301 e. The van der Waals surface area contributed by atoms with Crippen LogP contribution in [-0.4, -0.2) is 21.6 Å². The average Bonchev–Trinajstić information content (AvgIpc) is 2.16. The molecule has 1 aromatic heterocycles. The minimum absolute atomic E-state index is 0.187. The van der Waals surface area contributed by atoms with E-state index in [-0.39, 0.29) is 11.5 Å². The van der Waals surface area contributed by atoms with Crippen LogP contribution in [0.5, 0.6) is 0 Å². The molecule has 0 aromatic carbocycles. The van der Waals surface area contributed by atoms with Crippen LogP contribution in [-0.2, 0) is 4.79 Å². The zero-order valence-electron chi connectivity index (χ0n) is 8.24. The summed E-state index contributed by atoms with van der Waals surface area (Å²) < 4.78 is 0. The normalized spacial score (nSPS) is 10.0. The van der Waals surface area contributed by atoms with Gasteiger partial charge in [0.15, 0.2) is 5.16 Å². The molecule has 0 radical (unpaired) electrons. The Bertz CT molecular complexity index is 404. The highest BCUT2D eigenvalue weighted by molar-refractivity contribution is 7.99. The molecule has 0 bridgehead atoms. The van der Waals surface area contributed by atoms with E-state index in [1.807, 2.05) is 5.43 Å². The van der Waals surface area contributed by atoms with Crippen molar-refractivity contribution in [2.24, 2.45) is 5.84 Å². The largest absolute Gasteiger partial charge is 0.301 e. The van der Waals surface area contributed by atoms with Crippen LogP contribution in [0.4, 0.5) is 0 Å². The lowest BCUT2D eigenvalue weighted by Gasteiger charge is -2.00. The molecular weight excluding hydrogens is 216 g/mol. The molecule has 82 valence electrons. The number of nitrogens with one attached hydrogen (secondary N) is 2. The van der Waals surface area contributed by atoms with Crippen LogP contribution in [0, 0.1) is 6.92 Å². The van der Waals surface area contributed by atoms with Gasteiger partial charge in [0.25, 0.3) is 5.56 Å². The highest BCUT2D eigenvalue weighted by atomic mass is 32.2. The molecule has 15 heavy (non-hydrogen) atoms. The van der Waals surface area contributed by atoms with Crippen molar-refractivity contribution in [2.75, 3.05) is 5.75 Å². The number of aromatic amines is 1. The van der Waals surface area contributed by atoms with Gasteiger partial charge in [0.2, 0.25) is 5.91 Å². The molecule has 4 N–H and O–H groups in total. The van der Waals surface area contributed by atoms with Crippen LogP contribution in [0.25, 0.3) is 0 Å². The van der Waals surface area contributed by atoms with Crippen molar-refractivity contribution in [1.29, 1.82) is 0 Å². The van der Waals surface area contributed by atoms with Gasteiger partial charge in [0.1, 0.15) is 0 Å². The van der Waals surface area contributed by atoms with E-state index in [0.717, 1.165) is 0 Å². The first-order valence-electron chi connectivity index (χ1n) is 4.32. The number of hydrogen-bond donors (Lipinski definition) is 3. The first-order chi connectivity index (χ1) is 7.11. The molecule has 0 unspecified atom stereocenters. The maximum Gasteiger partial charge on any atom is 0.251 e. The topological polar surface area (TPSA) is 101 Å². The Hall–Kier alpha value is -1.34. The Kier molecular flexibility index (Phi) is 4.32.